The van der Waals surface area contributed by atoms with Crippen LogP contribution >= 0.6 is 0 Å². The Morgan fingerprint density at radius 2 is 1.67 bits per heavy atom. The zero-order valence-corrected chi connectivity index (χ0v) is 16.4. The minimum absolute atomic E-state index is 0.309. The van der Waals surface area contributed by atoms with Gasteiger partial charge in [-0.15, -0.1) is 0 Å². The molecular weight excluding hydrogens is 294 g/mol. The summed E-state index contributed by atoms with van der Waals surface area (Å²) in [7, 11) is 0. The molecule has 2 fully saturated rings. The van der Waals surface area contributed by atoms with E-state index in [2.05, 4.69) is 18.7 Å². The lowest BCUT2D eigenvalue weighted by atomic mass is 9.85. The fourth-order valence-electron chi connectivity index (χ4n) is 4.72. The largest absolute Gasteiger partial charge is 0.342 e. The van der Waals surface area contributed by atoms with Crippen LogP contribution in [0.5, 0.6) is 0 Å². The number of hydrogen-bond donors (Lipinski definition) is 0. The van der Waals surface area contributed by atoms with E-state index in [-0.39, 0.29) is 0 Å². The highest BCUT2D eigenvalue weighted by Gasteiger charge is 2.28. The number of carbonyl (C=O) groups is 1. The molecule has 1 aliphatic heterocycles. The Balaban J connectivity index is 1.76. The monoisotopic (exact) mass is 335 g/mol. The molecule has 2 unspecified atom stereocenters. The van der Waals surface area contributed by atoms with Gasteiger partial charge in [-0.25, -0.2) is 0 Å². The van der Waals surface area contributed by atoms with Crippen molar-refractivity contribution in [1.29, 1.82) is 0 Å². The lowest BCUT2D eigenvalue weighted by Gasteiger charge is -2.25. The molecule has 1 amide bonds. The normalized spacial score (nSPS) is 24.6. The van der Waals surface area contributed by atoms with E-state index >= 15 is 0 Å². The van der Waals surface area contributed by atoms with Crippen molar-refractivity contribution in [2.24, 2.45) is 17.8 Å². The van der Waals surface area contributed by atoms with E-state index in [4.69, 9.17) is 0 Å². The van der Waals surface area contributed by atoms with Crippen molar-refractivity contribution < 1.29 is 4.79 Å². The van der Waals surface area contributed by atoms with Crippen LogP contribution < -0.4 is 0 Å². The highest BCUT2D eigenvalue weighted by molar-refractivity contribution is 5.79. The van der Waals surface area contributed by atoms with E-state index in [0.29, 0.717) is 17.7 Å². The molecule has 140 valence electrons. The molecule has 0 aromatic heterocycles. The fraction of sp³-hybridized carbons (Fsp3) is 0.955. The highest BCUT2D eigenvalue weighted by atomic mass is 16.2. The van der Waals surface area contributed by atoms with Gasteiger partial charge in [-0.05, 0) is 31.1 Å². The number of rotatable bonds is 8. The van der Waals surface area contributed by atoms with E-state index in [9.17, 15) is 4.79 Å². The first-order valence-corrected chi connectivity index (χ1v) is 11.0. The summed E-state index contributed by atoms with van der Waals surface area (Å²) < 4.78 is 0. The summed E-state index contributed by atoms with van der Waals surface area (Å²) >= 11 is 0. The summed E-state index contributed by atoms with van der Waals surface area (Å²) in [5.41, 5.74) is 0. The summed E-state index contributed by atoms with van der Waals surface area (Å²) in [6.45, 7) is 6.53. The molecule has 2 aliphatic rings. The second kappa shape index (κ2) is 11.2. The number of hydrogen-bond acceptors (Lipinski definition) is 1. The minimum Gasteiger partial charge on any atom is -0.342 e. The van der Waals surface area contributed by atoms with Gasteiger partial charge in [0, 0.05) is 19.0 Å². The number of nitrogens with zero attached hydrogens (tertiary/aromatic N) is 1. The maximum absolute atomic E-state index is 12.9. The first-order valence-electron chi connectivity index (χ1n) is 11.0. The van der Waals surface area contributed by atoms with E-state index in [1.54, 1.807) is 0 Å². The predicted molar refractivity (Wildman–Crippen MR) is 103 cm³/mol. The van der Waals surface area contributed by atoms with Gasteiger partial charge in [-0.2, -0.15) is 0 Å². The van der Waals surface area contributed by atoms with Crippen molar-refractivity contribution in [3.05, 3.63) is 0 Å². The van der Waals surface area contributed by atoms with Gasteiger partial charge < -0.3 is 4.90 Å². The molecule has 24 heavy (non-hydrogen) atoms. The van der Waals surface area contributed by atoms with Crippen LogP contribution in [0.1, 0.15) is 104 Å². The molecule has 2 heteroatoms. The van der Waals surface area contributed by atoms with Crippen LogP contribution in [0.2, 0.25) is 0 Å². The van der Waals surface area contributed by atoms with Crippen LogP contribution in [-0.4, -0.2) is 23.9 Å². The molecule has 2 nitrogen and oxygen atoms in total. The SMILES string of the molecule is CCCCC(CCCC1CCCCCCC1)C(=O)N1CCC(C)C1. The topological polar surface area (TPSA) is 20.3 Å². The summed E-state index contributed by atoms with van der Waals surface area (Å²) in [4.78, 5) is 15.1. The number of carbonyl (C=O) groups excluding carboxylic acids is 1. The zero-order valence-electron chi connectivity index (χ0n) is 16.4. The summed E-state index contributed by atoms with van der Waals surface area (Å²) in [5.74, 6) is 2.43. The van der Waals surface area contributed by atoms with Gasteiger partial charge in [0.05, 0.1) is 0 Å². The van der Waals surface area contributed by atoms with E-state index in [1.807, 2.05) is 0 Å². The van der Waals surface area contributed by atoms with Gasteiger partial charge in [-0.3, -0.25) is 4.79 Å². The average molecular weight is 336 g/mol. The molecule has 2 rings (SSSR count). The van der Waals surface area contributed by atoms with Crippen molar-refractivity contribution in [3.63, 3.8) is 0 Å². The average Bonchev–Trinajstić information content (AvgIpc) is 2.98. The highest BCUT2D eigenvalue weighted by Crippen LogP contribution is 2.29. The fourth-order valence-corrected chi connectivity index (χ4v) is 4.72. The van der Waals surface area contributed by atoms with Gasteiger partial charge in [0.15, 0.2) is 0 Å². The first kappa shape index (κ1) is 19.8. The Hall–Kier alpha value is -0.530. The molecular formula is C22H41NO. The van der Waals surface area contributed by atoms with Gasteiger partial charge >= 0.3 is 0 Å². The molecule has 2 atom stereocenters. The standard InChI is InChI=1S/C22H41NO/c1-3-4-14-21(22(24)23-17-16-19(2)18-23)15-10-13-20-11-8-6-5-7-9-12-20/h19-21H,3-18H2,1-2H3. The van der Waals surface area contributed by atoms with Crippen LogP contribution in [0.4, 0.5) is 0 Å². The molecule has 0 spiro atoms. The van der Waals surface area contributed by atoms with E-state index in [1.165, 1.54) is 77.0 Å². The predicted octanol–water partition coefficient (Wildman–Crippen LogP) is 6.19. The Kier molecular flexibility index (Phi) is 9.20. The van der Waals surface area contributed by atoms with Crippen molar-refractivity contribution >= 4 is 5.91 Å². The summed E-state index contributed by atoms with van der Waals surface area (Å²) in [5, 5.41) is 0. The van der Waals surface area contributed by atoms with Crippen LogP contribution in [-0.2, 0) is 4.79 Å². The number of amides is 1. The zero-order chi connectivity index (χ0) is 17.2. The third-order valence-electron chi connectivity index (χ3n) is 6.38. The van der Waals surface area contributed by atoms with Crippen LogP contribution in [0, 0.1) is 17.8 Å². The van der Waals surface area contributed by atoms with E-state index < -0.39 is 0 Å². The summed E-state index contributed by atoms with van der Waals surface area (Å²) in [6.07, 6.45) is 18.6. The quantitative estimate of drug-likeness (QED) is 0.517. The Morgan fingerprint density at radius 3 is 2.29 bits per heavy atom. The van der Waals surface area contributed by atoms with Crippen LogP contribution in [0.25, 0.3) is 0 Å². The smallest absolute Gasteiger partial charge is 0.225 e. The molecule has 0 aromatic rings. The Morgan fingerprint density at radius 1 is 1.00 bits per heavy atom. The van der Waals surface area contributed by atoms with Gasteiger partial charge in [-0.1, -0.05) is 84.5 Å². The lowest BCUT2D eigenvalue weighted by Crippen LogP contribution is -2.34. The minimum atomic E-state index is 0.309. The van der Waals surface area contributed by atoms with Crippen molar-refractivity contribution in [3.8, 4) is 0 Å². The molecule has 1 saturated heterocycles. The molecule has 0 N–H and O–H groups in total. The Bertz CT molecular complexity index is 346. The molecule has 1 aliphatic carbocycles. The molecule has 0 aromatic carbocycles. The maximum Gasteiger partial charge on any atom is 0.225 e. The summed E-state index contributed by atoms with van der Waals surface area (Å²) in [6, 6.07) is 0. The van der Waals surface area contributed by atoms with Gasteiger partial charge in [0.1, 0.15) is 0 Å². The number of unbranched alkanes of at least 4 members (excludes halogenated alkanes) is 1. The van der Waals surface area contributed by atoms with Crippen LogP contribution in [0.15, 0.2) is 0 Å². The molecule has 1 saturated carbocycles. The van der Waals surface area contributed by atoms with Crippen molar-refractivity contribution in [2.45, 2.75) is 104 Å². The molecule has 1 heterocycles. The lowest BCUT2D eigenvalue weighted by molar-refractivity contribution is -0.135. The molecule has 0 radical (unpaired) electrons. The van der Waals surface area contributed by atoms with Gasteiger partial charge in [0.25, 0.3) is 0 Å². The second-order valence-electron chi connectivity index (χ2n) is 8.66. The second-order valence-corrected chi connectivity index (χ2v) is 8.66. The third kappa shape index (κ3) is 6.76. The first-order chi connectivity index (χ1) is 11.7. The van der Waals surface area contributed by atoms with Gasteiger partial charge in [0.2, 0.25) is 5.91 Å². The Labute approximate surface area is 150 Å². The van der Waals surface area contributed by atoms with Crippen LogP contribution in [0.3, 0.4) is 0 Å². The van der Waals surface area contributed by atoms with Crippen molar-refractivity contribution in [1.82, 2.24) is 4.90 Å². The van der Waals surface area contributed by atoms with E-state index in [0.717, 1.165) is 31.8 Å². The van der Waals surface area contributed by atoms with Crippen molar-refractivity contribution in [2.75, 3.05) is 13.1 Å². The molecule has 0 bridgehead atoms. The number of likely N-dealkylation sites (tertiary alicyclic amines) is 1. The third-order valence-corrected chi connectivity index (χ3v) is 6.38. The maximum atomic E-state index is 12.9.